The molecule has 9 heteroatoms. The number of rotatable bonds is 6. The van der Waals surface area contributed by atoms with Crippen LogP contribution in [-0.4, -0.2) is 27.0 Å². The molecule has 0 atom stereocenters. The van der Waals surface area contributed by atoms with E-state index in [4.69, 9.17) is 33.1 Å². The van der Waals surface area contributed by atoms with Gasteiger partial charge in [-0.05, 0) is 26.0 Å². The molecular formula is C12H16Cl2N2O4S. The molecule has 0 aliphatic carbocycles. The zero-order chi connectivity index (χ0) is 16.2. The van der Waals surface area contributed by atoms with Crippen molar-refractivity contribution in [2.45, 2.75) is 31.2 Å². The van der Waals surface area contributed by atoms with E-state index in [-0.39, 0.29) is 45.7 Å². The van der Waals surface area contributed by atoms with Crippen molar-refractivity contribution in [1.29, 1.82) is 0 Å². The molecule has 1 amide bonds. The fourth-order valence-corrected chi connectivity index (χ4v) is 2.77. The monoisotopic (exact) mass is 354 g/mol. The second-order valence-corrected chi connectivity index (χ2v) is 6.96. The first-order valence-corrected chi connectivity index (χ1v) is 8.35. The van der Waals surface area contributed by atoms with Gasteiger partial charge in [0.25, 0.3) is 0 Å². The van der Waals surface area contributed by atoms with Crippen LogP contribution in [0.3, 0.4) is 0 Å². The van der Waals surface area contributed by atoms with Crippen LogP contribution in [0, 0.1) is 0 Å². The smallest absolute Gasteiger partial charge is 0.238 e. The maximum atomic E-state index is 11.4. The second-order valence-electron chi connectivity index (χ2n) is 4.58. The summed E-state index contributed by atoms with van der Waals surface area (Å²) in [4.78, 5) is 11.2. The van der Waals surface area contributed by atoms with Gasteiger partial charge in [-0.1, -0.05) is 23.2 Å². The number of amides is 1. The van der Waals surface area contributed by atoms with Gasteiger partial charge in [0.1, 0.15) is 0 Å². The first-order valence-electron chi connectivity index (χ1n) is 6.05. The first-order chi connectivity index (χ1) is 9.61. The van der Waals surface area contributed by atoms with Gasteiger partial charge >= 0.3 is 0 Å². The molecule has 118 valence electrons. The summed E-state index contributed by atoms with van der Waals surface area (Å²) in [5.74, 6) is -0.0542. The highest BCUT2D eigenvalue weighted by molar-refractivity contribution is 7.89. The molecule has 0 unspecified atom stereocenters. The van der Waals surface area contributed by atoms with Crippen LogP contribution in [0.2, 0.25) is 10.0 Å². The van der Waals surface area contributed by atoms with Crippen LogP contribution in [0.15, 0.2) is 17.0 Å². The second kappa shape index (κ2) is 7.31. The summed E-state index contributed by atoms with van der Waals surface area (Å²) >= 11 is 11.8. The number of hydrogen-bond acceptors (Lipinski definition) is 4. The van der Waals surface area contributed by atoms with Gasteiger partial charge < -0.3 is 10.1 Å². The van der Waals surface area contributed by atoms with Crippen molar-refractivity contribution in [2.24, 2.45) is 5.14 Å². The molecule has 1 aromatic rings. The van der Waals surface area contributed by atoms with Gasteiger partial charge in [0.2, 0.25) is 15.9 Å². The first kappa shape index (κ1) is 18.0. The van der Waals surface area contributed by atoms with Crippen molar-refractivity contribution in [1.82, 2.24) is 5.32 Å². The van der Waals surface area contributed by atoms with Gasteiger partial charge in [0, 0.05) is 6.04 Å². The maximum absolute atomic E-state index is 11.4. The Labute approximate surface area is 133 Å². The van der Waals surface area contributed by atoms with E-state index in [1.54, 1.807) is 0 Å². The normalized spacial score (nSPS) is 11.5. The average molecular weight is 355 g/mol. The fourth-order valence-electron chi connectivity index (χ4n) is 1.48. The van der Waals surface area contributed by atoms with Gasteiger partial charge in [-0.25, -0.2) is 13.6 Å². The summed E-state index contributed by atoms with van der Waals surface area (Å²) in [6, 6.07) is 2.33. The molecule has 1 rings (SSSR count). The minimum atomic E-state index is -3.90. The molecule has 0 bridgehead atoms. The van der Waals surface area contributed by atoms with E-state index in [1.807, 2.05) is 13.8 Å². The lowest BCUT2D eigenvalue weighted by Crippen LogP contribution is -2.31. The van der Waals surface area contributed by atoms with Crippen molar-refractivity contribution in [3.05, 3.63) is 22.2 Å². The number of benzene rings is 1. The number of nitrogens with two attached hydrogens (primary N) is 1. The molecule has 0 aliphatic rings. The summed E-state index contributed by atoms with van der Waals surface area (Å²) in [6.07, 6.45) is 0.127. The third-order valence-electron chi connectivity index (χ3n) is 2.33. The third kappa shape index (κ3) is 5.70. The predicted octanol–water partition coefficient (Wildman–Crippen LogP) is 1.93. The molecule has 3 N–H and O–H groups in total. The number of carbonyl (C=O) groups is 1. The SMILES string of the molecule is CC(C)NC(=O)CCOc1c(Cl)cc(S(N)(=O)=O)cc1Cl. The van der Waals surface area contributed by atoms with E-state index in [0.717, 1.165) is 12.1 Å². The van der Waals surface area contributed by atoms with Gasteiger partial charge in [-0.2, -0.15) is 0 Å². The molecule has 0 fully saturated rings. The fraction of sp³-hybridized carbons (Fsp3) is 0.417. The molecular weight excluding hydrogens is 339 g/mol. The summed E-state index contributed by atoms with van der Waals surface area (Å²) in [5, 5.41) is 7.72. The Morgan fingerprint density at radius 3 is 2.29 bits per heavy atom. The Kier molecular flexibility index (Phi) is 6.27. The molecule has 1 aromatic carbocycles. The van der Waals surface area contributed by atoms with Gasteiger partial charge in [-0.15, -0.1) is 0 Å². The number of halogens is 2. The Morgan fingerprint density at radius 2 is 1.86 bits per heavy atom. The van der Waals surface area contributed by atoms with Crippen LogP contribution in [0.4, 0.5) is 0 Å². The van der Waals surface area contributed by atoms with Crippen LogP contribution >= 0.6 is 23.2 Å². The molecule has 0 aliphatic heterocycles. The Hall–Kier alpha value is -1.02. The summed E-state index contributed by atoms with van der Waals surface area (Å²) in [6.45, 7) is 3.75. The Bertz CT molecular complexity index is 609. The number of sulfonamides is 1. The van der Waals surface area contributed by atoms with Crippen molar-refractivity contribution in [2.75, 3.05) is 6.61 Å². The van der Waals surface area contributed by atoms with E-state index >= 15 is 0 Å². The molecule has 0 saturated carbocycles. The number of carbonyl (C=O) groups excluding carboxylic acids is 1. The number of nitrogens with one attached hydrogen (secondary N) is 1. The minimum Gasteiger partial charge on any atom is -0.490 e. The average Bonchev–Trinajstić information content (AvgIpc) is 2.30. The predicted molar refractivity (Wildman–Crippen MR) is 81.2 cm³/mol. The van der Waals surface area contributed by atoms with Crippen LogP contribution in [0.25, 0.3) is 0 Å². The molecule has 0 spiro atoms. The molecule has 6 nitrogen and oxygen atoms in total. The zero-order valence-electron chi connectivity index (χ0n) is 11.5. The van der Waals surface area contributed by atoms with Crippen LogP contribution in [0.1, 0.15) is 20.3 Å². The molecule has 0 aromatic heterocycles. The largest absolute Gasteiger partial charge is 0.490 e. The number of hydrogen-bond donors (Lipinski definition) is 2. The minimum absolute atomic E-state index is 0.00999. The summed E-state index contributed by atoms with van der Waals surface area (Å²) in [7, 11) is -3.90. The van der Waals surface area contributed by atoms with Crippen LogP contribution < -0.4 is 15.2 Å². The molecule has 0 radical (unpaired) electrons. The standard InChI is InChI=1S/C12H16Cl2N2O4S/c1-7(2)16-11(17)3-4-20-12-9(13)5-8(6-10(12)14)21(15,18)19/h5-7H,3-4H2,1-2H3,(H,16,17)(H2,15,18,19). The highest BCUT2D eigenvalue weighted by Gasteiger charge is 2.16. The van der Waals surface area contributed by atoms with Crippen LogP contribution in [-0.2, 0) is 14.8 Å². The topological polar surface area (TPSA) is 98.5 Å². The maximum Gasteiger partial charge on any atom is 0.238 e. The lowest BCUT2D eigenvalue weighted by atomic mass is 10.3. The van der Waals surface area contributed by atoms with Gasteiger partial charge in [0.05, 0.1) is 28.0 Å². The van der Waals surface area contributed by atoms with Crippen molar-refractivity contribution < 1.29 is 17.9 Å². The summed E-state index contributed by atoms with van der Waals surface area (Å²) < 4.78 is 27.8. The number of ether oxygens (including phenoxy) is 1. The highest BCUT2D eigenvalue weighted by Crippen LogP contribution is 2.35. The van der Waals surface area contributed by atoms with Crippen molar-refractivity contribution >= 4 is 39.1 Å². The van der Waals surface area contributed by atoms with E-state index in [2.05, 4.69) is 5.32 Å². The van der Waals surface area contributed by atoms with Gasteiger partial charge in [0.15, 0.2) is 5.75 Å². The quantitative estimate of drug-likeness (QED) is 0.815. The van der Waals surface area contributed by atoms with Crippen molar-refractivity contribution in [3.8, 4) is 5.75 Å². The van der Waals surface area contributed by atoms with Gasteiger partial charge in [-0.3, -0.25) is 4.79 Å². The summed E-state index contributed by atoms with van der Waals surface area (Å²) in [5.41, 5.74) is 0. The molecule has 0 heterocycles. The zero-order valence-corrected chi connectivity index (χ0v) is 13.8. The van der Waals surface area contributed by atoms with E-state index in [1.165, 1.54) is 0 Å². The lowest BCUT2D eigenvalue weighted by molar-refractivity contribution is -0.122. The number of primary sulfonamides is 1. The van der Waals surface area contributed by atoms with Crippen LogP contribution in [0.5, 0.6) is 5.75 Å². The lowest BCUT2D eigenvalue weighted by Gasteiger charge is -2.12. The molecule has 0 saturated heterocycles. The Balaban J connectivity index is 2.75. The molecule has 21 heavy (non-hydrogen) atoms. The van der Waals surface area contributed by atoms with E-state index < -0.39 is 10.0 Å². The third-order valence-corrected chi connectivity index (χ3v) is 3.78. The van der Waals surface area contributed by atoms with E-state index in [9.17, 15) is 13.2 Å². The Morgan fingerprint density at radius 1 is 1.33 bits per heavy atom. The van der Waals surface area contributed by atoms with Crippen molar-refractivity contribution in [3.63, 3.8) is 0 Å². The van der Waals surface area contributed by atoms with E-state index in [0.29, 0.717) is 0 Å². The highest BCUT2D eigenvalue weighted by atomic mass is 35.5.